The highest BCUT2D eigenvalue weighted by Gasteiger charge is 2.17. The second-order valence-corrected chi connectivity index (χ2v) is 4.47. The summed E-state index contributed by atoms with van der Waals surface area (Å²) in [6.07, 6.45) is 0.414. The van der Waals surface area contributed by atoms with Crippen molar-refractivity contribution in [3.8, 4) is 17.1 Å². The molecule has 0 atom stereocenters. The number of benzene rings is 1. The minimum Gasteiger partial charge on any atom is -0.485 e. The molecule has 0 radical (unpaired) electrons. The van der Waals surface area contributed by atoms with Crippen molar-refractivity contribution < 1.29 is 23.6 Å². The molecule has 1 heterocycles. The standard InChI is InChI=1S/C16H17NO5/c1-3-11(18)10-21-14-8-6-5-7-12(14)15-9-13(17-22-15)16(19)20-4-2/h5-9H,3-4,10H2,1-2H3. The number of esters is 1. The Hall–Kier alpha value is -2.63. The van der Waals surface area contributed by atoms with Crippen molar-refractivity contribution in [3.05, 3.63) is 36.0 Å². The SMILES string of the molecule is CCOC(=O)c1cc(-c2ccccc2OCC(=O)CC)on1. The van der Waals surface area contributed by atoms with E-state index in [9.17, 15) is 9.59 Å². The lowest BCUT2D eigenvalue weighted by atomic mass is 10.1. The topological polar surface area (TPSA) is 78.6 Å². The number of para-hydroxylation sites is 1. The molecule has 0 spiro atoms. The van der Waals surface area contributed by atoms with Crippen LogP contribution in [-0.2, 0) is 9.53 Å². The van der Waals surface area contributed by atoms with Crippen LogP contribution in [0.15, 0.2) is 34.9 Å². The molecule has 22 heavy (non-hydrogen) atoms. The number of aromatic nitrogens is 1. The Morgan fingerprint density at radius 1 is 1.23 bits per heavy atom. The summed E-state index contributed by atoms with van der Waals surface area (Å²) in [5, 5.41) is 3.69. The fourth-order valence-electron chi connectivity index (χ4n) is 1.76. The molecule has 1 aromatic heterocycles. The third-order valence-electron chi connectivity index (χ3n) is 2.93. The van der Waals surface area contributed by atoms with E-state index in [1.165, 1.54) is 6.07 Å². The van der Waals surface area contributed by atoms with Gasteiger partial charge in [0.15, 0.2) is 17.2 Å². The minimum absolute atomic E-state index is 0.000384. The Kier molecular flexibility index (Phi) is 5.30. The van der Waals surface area contributed by atoms with Crippen LogP contribution < -0.4 is 4.74 Å². The van der Waals surface area contributed by atoms with Gasteiger partial charge in [-0.2, -0.15) is 0 Å². The number of hydrogen-bond donors (Lipinski definition) is 0. The second kappa shape index (κ2) is 7.40. The van der Waals surface area contributed by atoms with Crippen molar-refractivity contribution in [2.75, 3.05) is 13.2 Å². The maximum atomic E-state index is 11.6. The van der Waals surface area contributed by atoms with Gasteiger partial charge in [0.1, 0.15) is 12.4 Å². The Morgan fingerprint density at radius 2 is 2.00 bits per heavy atom. The summed E-state index contributed by atoms with van der Waals surface area (Å²) in [4.78, 5) is 23.0. The fourth-order valence-corrected chi connectivity index (χ4v) is 1.76. The average Bonchev–Trinajstić information content (AvgIpc) is 3.03. The van der Waals surface area contributed by atoms with Gasteiger partial charge in [0, 0.05) is 12.5 Å². The molecule has 0 unspecified atom stereocenters. The molecule has 0 saturated heterocycles. The first-order valence-corrected chi connectivity index (χ1v) is 7.03. The molecule has 6 nitrogen and oxygen atoms in total. The molecule has 0 aliphatic carbocycles. The van der Waals surface area contributed by atoms with Crippen LogP contribution >= 0.6 is 0 Å². The number of Topliss-reactive ketones (excluding diaryl/α,β-unsaturated/α-hetero) is 1. The summed E-state index contributed by atoms with van der Waals surface area (Å²) in [6.45, 7) is 3.75. The number of rotatable bonds is 7. The van der Waals surface area contributed by atoms with Crippen LogP contribution in [0.1, 0.15) is 30.8 Å². The van der Waals surface area contributed by atoms with Gasteiger partial charge in [0.25, 0.3) is 0 Å². The van der Waals surface area contributed by atoms with Gasteiger partial charge in [0.2, 0.25) is 0 Å². The lowest BCUT2D eigenvalue weighted by molar-refractivity contribution is -0.120. The van der Waals surface area contributed by atoms with Crippen LogP contribution in [0.5, 0.6) is 5.75 Å². The molecular weight excluding hydrogens is 286 g/mol. The van der Waals surface area contributed by atoms with Crippen LogP contribution in [0.2, 0.25) is 0 Å². The maximum Gasteiger partial charge on any atom is 0.360 e. The van der Waals surface area contributed by atoms with Gasteiger partial charge in [-0.3, -0.25) is 4.79 Å². The molecule has 6 heteroatoms. The number of carbonyl (C=O) groups is 2. The highest BCUT2D eigenvalue weighted by atomic mass is 16.5. The largest absolute Gasteiger partial charge is 0.485 e. The molecule has 2 rings (SSSR count). The lowest BCUT2D eigenvalue weighted by Gasteiger charge is -2.08. The number of nitrogens with zero attached hydrogens (tertiary/aromatic N) is 1. The highest BCUT2D eigenvalue weighted by molar-refractivity contribution is 5.88. The van der Waals surface area contributed by atoms with Gasteiger partial charge in [-0.1, -0.05) is 24.2 Å². The summed E-state index contributed by atoms with van der Waals surface area (Å²) < 4.78 is 15.5. The van der Waals surface area contributed by atoms with E-state index < -0.39 is 5.97 Å². The zero-order valence-corrected chi connectivity index (χ0v) is 12.5. The van der Waals surface area contributed by atoms with Crippen molar-refractivity contribution in [2.24, 2.45) is 0 Å². The van der Waals surface area contributed by atoms with E-state index in [2.05, 4.69) is 5.16 Å². The van der Waals surface area contributed by atoms with Crippen molar-refractivity contribution in [1.29, 1.82) is 0 Å². The van der Waals surface area contributed by atoms with Gasteiger partial charge in [-0.05, 0) is 19.1 Å². The smallest absolute Gasteiger partial charge is 0.360 e. The molecule has 0 bridgehead atoms. The van der Waals surface area contributed by atoms with Crippen LogP contribution in [0.25, 0.3) is 11.3 Å². The molecule has 1 aromatic carbocycles. The quantitative estimate of drug-likeness (QED) is 0.732. The Balaban J connectivity index is 2.22. The van der Waals surface area contributed by atoms with Crippen molar-refractivity contribution >= 4 is 11.8 Å². The van der Waals surface area contributed by atoms with Crippen molar-refractivity contribution in [2.45, 2.75) is 20.3 Å². The normalized spacial score (nSPS) is 10.3. The van der Waals surface area contributed by atoms with E-state index in [4.69, 9.17) is 14.0 Å². The summed E-state index contributed by atoms with van der Waals surface area (Å²) in [7, 11) is 0. The van der Waals surface area contributed by atoms with E-state index in [1.807, 2.05) is 0 Å². The van der Waals surface area contributed by atoms with E-state index >= 15 is 0 Å². The zero-order chi connectivity index (χ0) is 15.9. The van der Waals surface area contributed by atoms with Crippen LogP contribution in [0, 0.1) is 0 Å². The van der Waals surface area contributed by atoms with Crippen molar-refractivity contribution in [1.82, 2.24) is 5.16 Å². The first-order valence-electron chi connectivity index (χ1n) is 7.03. The van der Waals surface area contributed by atoms with Crippen LogP contribution in [0.3, 0.4) is 0 Å². The van der Waals surface area contributed by atoms with Gasteiger partial charge >= 0.3 is 5.97 Å². The number of ether oxygens (including phenoxy) is 2. The van der Waals surface area contributed by atoms with Crippen LogP contribution in [-0.4, -0.2) is 30.1 Å². The molecule has 0 fully saturated rings. The van der Waals surface area contributed by atoms with E-state index in [-0.39, 0.29) is 24.7 Å². The first kappa shape index (κ1) is 15.8. The maximum absolute atomic E-state index is 11.6. The molecule has 0 aliphatic rings. The van der Waals surface area contributed by atoms with Gasteiger partial charge < -0.3 is 14.0 Å². The molecule has 0 N–H and O–H groups in total. The summed E-state index contributed by atoms with van der Waals surface area (Å²) in [5.41, 5.74) is 0.714. The number of hydrogen-bond acceptors (Lipinski definition) is 6. The van der Waals surface area contributed by atoms with Crippen molar-refractivity contribution in [3.63, 3.8) is 0 Å². The molecule has 0 saturated carbocycles. The Labute approximate surface area is 128 Å². The van der Waals surface area contributed by atoms with E-state index in [0.717, 1.165) is 0 Å². The third kappa shape index (κ3) is 3.72. The van der Waals surface area contributed by atoms with E-state index in [1.54, 1.807) is 38.1 Å². The highest BCUT2D eigenvalue weighted by Crippen LogP contribution is 2.30. The molecule has 0 aliphatic heterocycles. The van der Waals surface area contributed by atoms with Gasteiger partial charge in [-0.25, -0.2) is 4.79 Å². The summed E-state index contributed by atoms with van der Waals surface area (Å²) in [5.74, 6) is 0.329. The monoisotopic (exact) mass is 303 g/mol. The molecular formula is C16H17NO5. The molecule has 116 valence electrons. The molecule has 2 aromatic rings. The zero-order valence-electron chi connectivity index (χ0n) is 12.5. The summed E-state index contributed by atoms with van der Waals surface area (Å²) in [6, 6.07) is 8.57. The predicted octanol–water partition coefficient (Wildman–Crippen LogP) is 2.88. The van der Waals surface area contributed by atoms with Gasteiger partial charge in [0.05, 0.1) is 12.2 Å². The first-order chi connectivity index (χ1) is 10.7. The Bertz CT molecular complexity index is 662. The number of ketones is 1. The third-order valence-corrected chi connectivity index (χ3v) is 2.93. The predicted molar refractivity (Wildman–Crippen MR) is 78.7 cm³/mol. The fraction of sp³-hybridized carbons (Fsp3) is 0.312. The molecule has 0 amide bonds. The number of carbonyl (C=O) groups excluding carboxylic acids is 2. The minimum atomic E-state index is -0.544. The average molecular weight is 303 g/mol. The second-order valence-electron chi connectivity index (χ2n) is 4.47. The lowest BCUT2D eigenvalue weighted by Crippen LogP contribution is -2.09. The Morgan fingerprint density at radius 3 is 2.73 bits per heavy atom. The summed E-state index contributed by atoms with van der Waals surface area (Å²) >= 11 is 0. The van der Waals surface area contributed by atoms with Gasteiger partial charge in [-0.15, -0.1) is 0 Å². The van der Waals surface area contributed by atoms with Crippen LogP contribution in [0.4, 0.5) is 0 Å². The van der Waals surface area contributed by atoms with E-state index in [0.29, 0.717) is 23.5 Å².